The minimum Gasteiger partial charge on any atom is -0.398 e. The van der Waals surface area contributed by atoms with E-state index in [-0.39, 0.29) is 0 Å². The van der Waals surface area contributed by atoms with Crippen LogP contribution < -0.4 is 5.73 Å². The topological polar surface area (TPSA) is 48.3 Å². The first-order valence-electron chi connectivity index (χ1n) is 11.9. The number of allylic oxidation sites excluding steroid dienone is 1. The predicted molar refractivity (Wildman–Crippen MR) is 149 cm³/mol. The first-order valence-corrected chi connectivity index (χ1v) is 11.9. The van der Waals surface area contributed by atoms with E-state index < -0.39 is 0 Å². The molecule has 3 aromatic rings. The first kappa shape index (κ1) is 25.1. The molecule has 0 bridgehead atoms. The molecule has 4 rings (SSSR count). The van der Waals surface area contributed by atoms with E-state index in [2.05, 4.69) is 98.0 Å². The Morgan fingerprint density at radius 2 is 1.71 bits per heavy atom. The largest absolute Gasteiger partial charge is 0.398 e. The van der Waals surface area contributed by atoms with Gasteiger partial charge in [0.05, 0.1) is 0 Å². The Kier molecular flexibility index (Phi) is 8.55. The Hall–Kier alpha value is -3.50. The van der Waals surface area contributed by atoms with E-state index in [0.29, 0.717) is 0 Å². The molecule has 1 saturated heterocycles. The molecule has 2 aromatic carbocycles. The fraction of sp³-hybridized carbons (Fsp3) is 0.267. The molecule has 2 heterocycles. The van der Waals surface area contributed by atoms with Gasteiger partial charge in [-0.3, -0.25) is 0 Å². The van der Waals surface area contributed by atoms with Gasteiger partial charge in [-0.05, 0) is 54.8 Å². The second-order valence-electron chi connectivity index (χ2n) is 8.65. The van der Waals surface area contributed by atoms with E-state index in [9.17, 15) is 0 Å². The Labute approximate surface area is 205 Å². The van der Waals surface area contributed by atoms with Crippen LogP contribution in [-0.2, 0) is 6.42 Å². The number of piperazine rings is 1. The van der Waals surface area contributed by atoms with Gasteiger partial charge in [0, 0.05) is 60.6 Å². The molecule has 1 aliphatic heterocycles. The first-order chi connectivity index (χ1) is 16.5. The maximum atomic E-state index is 6.47. The quantitative estimate of drug-likeness (QED) is 0.334. The molecule has 0 radical (unpaired) electrons. The highest BCUT2D eigenvalue weighted by atomic mass is 15.2. The van der Waals surface area contributed by atoms with Crippen molar-refractivity contribution < 1.29 is 0 Å². The molecule has 1 aliphatic rings. The lowest BCUT2D eigenvalue weighted by molar-refractivity contribution is 0.207. The monoisotopic (exact) mass is 454 g/mol. The summed E-state index contributed by atoms with van der Waals surface area (Å²) in [5, 5.41) is 0. The van der Waals surface area contributed by atoms with Gasteiger partial charge in [0.1, 0.15) is 0 Å². The number of nitrogens with zero attached hydrogens (tertiary/aromatic N) is 2. The van der Waals surface area contributed by atoms with Crippen LogP contribution in [0.2, 0.25) is 0 Å². The van der Waals surface area contributed by atoms with Crippen LogP contribution in [0.4, 0.5) is 5.69 Å². The number of anilines is 1. The van der Waals surface area contributed by atoms with Gasteiger partial charge < -0.3 is 20.5 Å². The van der Waals surface area contributed by atoms with Gasteiger partial charge >= 0.3 is 0 Å². The van der Waals surface area contributed by atoms with Crippen molar-refractivity contribution >= 4 is 23.0 Å². The van der Waals surface area contributed by atoms with E-state index in [4.69, 9.17) is 5.73 Å². The number of hydrogen-bond acceptors (Lipinski definition) is 3. The molecule has 0 amide bonds. The Bertz CT molecular complexity index is 1130. The van der Waals surface area contributed by atoms with Gasteiger partial charge in [-0.1, -0.05) is 56.0 Å². The second-order valence-corrected chi connectivity index (χ2v) is 8.65. The van der Waals surface area contributed by atoms with Gasteiger partial charge in [-0.2, -0.15) is 0 Å². The van der Waals surface area contributed by atoms with Crippen LogP contribution in [-0.4, -0.2) is 48.0 Å². The number of aromatic amines is 1. The van der Waals surface area contributed by atoms with Crippen molar-refractivity contribution in [3.63, 3.8) is 0 Å². The average molecular weight is 455 g/mol. The van der Waals surface area contributed by atoms with Gasteiger partial charge in [-0.25, -0.2) is 0 Å². The Balaban J connectivity index is 0.00000158. The summed E-state index contributed by atoms with van der Waals surface area (Å²) in [5.41, 5.74) is 16.6. The van der Waals surface area contributed by atoms with Crippen LogP contribution in [0.3, 0.4) is 0 Å². The molecule has 178 valence electrons. The number of nitrogens with one attached hydrogen (secondary N) is 1. The number of benzene rings is 2. The lowest BCUT2D eigenvalue weighted by Gasteiger charge is -2.35. The minimum absolute atomic E-state index is 0.798. The number of aromatic nitrogens is 1. The SMILES string of the molecule is C=C.C=C(c1c[nH]c(/C=C(\C)c2c(N)cccc2-c2ccccc2)c1CC)N1CCN(C)CC1. The third-order valence-electron chi connectivity index (χ3n) is 6.51. The molecular weight excluding hydrogens is 416 g/mol. The zero-order valence-electron chi connectivity index (χ0n) is 20.9. The third kappa shape index (κ3) is 5.35. The van der Waals surface area contributed by atoms with Crippen molar-refractivity contribution in [1.82, 2.24) is 14.8 Å². The van der Waals surface area contributed by atoms with Crippen LogP contribution in [0, 0.1) is 0 Å². The predicted octanol–water partition coefficient (Wildman–Crippen LogP) is 6.41. The summed E-state index contributed by atoms with van der Waals surface area (Å²) in [7, 11) is 2.18. The zero-order valence-corrected chi connectivity index (χ0v) is 20.9. The summed E-state index contributed by atoms with van der Waals surface area (Å²) in [6.07, 6.45) is 5.29. The van der Waals surface area contributed by atoms with Crippen LogP contribution in [0.25, 0.3) is 28.5 Å². The summed E-state index contributed by atoms with van der Waals surface area (Å²) < 4.78 is 0. The van der Waals surface area contributed by atoms with E-state index in [1.807, 2.05) is 18.2 Å². The summed E-state index contributed by atoms with van der Waals surface area (Å²) in [5.74, 6) is 0. The lowest BCUT2D eigenvalue weighted by atomic mass is 9.92. The van der Waals surface area contributed by atoms with Gasteiger partial charge in [-0.15, -0.1) is 13.2 Å². The maximum Gasteiger partial charge on any atom is 0.0422 e. The van der Waals surface area contributed by atoms with Crippen LogP contribution in [0.5, 0.6) is 0 Å². The molecule has 0 atom stereocenters. The number of hydrogen-bond donors (Lipinski definition) is 2. The summed E-state index contributed by atoms with van der Waals surface area (Å²) in [4.78, 5) is 8.30. The number of H-pyrrole nitrogens is 1. The van der Waals surface area contributed by atoms with Crippen molar-refractivity contribution in [2.24, 2.45) is 0 Å². The van der Waals surface area contributed by atoms with Crippen molar-refractivity contribution in [1.29, 1.82) is 0 Å². The highest BCUT2D eigenvalue weighted by Crippen LogP contribution is 2.35. The number of nitrogens with two attached hydrogens (primary N) is 1. The molecule has 0 spiro atoms. The number of rotatable bonds is 6. The molecule has 1 fully saturated rings. The van der Waals surface area contributed by atoms with Crippen LogP contribution in [0.1, 0.15) is 36.2 Å². The standard InChI is InChI=1S/C28H34N4.C2H4/c1-5-23-25(21(3)32-16-14-31(4)15-17-32)19-30-27(23)18-20(2)28-24(12-9-13-26(28)29)22-10-7-6-8-11-22;1-2/h6-13,18-19,30H,3,5,14-17,29H2,1-2,4H3;1-2H2/b20-18+;. The lowest BCUT2D eigenvalue weighted by Crippen LogP contribution is -2.43. The van der Waals surface area contributed by atoms with E-state index >= 15 is 0 Å². The smallest absolute Gasteiger partial charge is 0.0422 e. The molecule has 34 heavy (non-hydrogen) atoms. The van der Waals surface area contributed by atoms with Gasteiger partial charge in [0.15, 0.2) is 0 Å². The second kappa shape index (κ2) is 11.6. The van der Waals surface area contributed by atoms with Crippen LogP contribution in [0.15, 0.2) is 74.5 Å². The molecule has 0 saturated carbocycles. The summed E-state index contributed by atoms with van der Waals surface area (Å²) in [6.45, 7) is 19.0. The minimum atomic E-state index is 0.798. The van der Waals surface area contributed by atoms with Crippen LogP contribution >= 0.6 is 0 Å². The zero-order chi connectivity index (χ0) is 24.7. The molecule has 4 nitrogen and oxygen atoms in total. The molecular formula is C30H38N4. The summed E-state index contributed by atoms with van der Waals surface area (Å²) in [6, 6.07) is 16.6. The molecule has 4 heteroatoms. The fourth-order valence-corrected chi connectivity index (χ4v) is 4.64. The maximum absolute atomic E-state index is 6.47. The number of likely N-dealkylation sites (N-methyl/N-ethyl adjacent to an activating group) is 1. The van der Waals surface area contributed by atoms with Crippen molar-refractivity contribution in [2.45, 2.75) is 20.3 Å². The Morgan fingerprint density at radius 3 is 2.35 bits per heavy atom. The molecule has 0 aliphatic carbocycles. The Morgan fingerprint density at radius 1 is 1.03 bits per heavy atom. The molecule has 0 unspecified atom stereocenters. The van der Waals surface area contributed by atoms with Gasteiger partial charge in [0.2, 0.25) is 0 Å². The van der Waals surface area contributed by atoms with E-state index in [0.717, 1.165) is 66.4 Å². The van der Waals surface area contributed by atoms with Crippen molar-refractivity contribution in [3.05, 3.63) is 96.8 Å². The highest BCUT2D eigenvalue weighted by molar-refractivity contribution is 5.93. The van der Waals surface area contributed by atoms with E-state index in [1.54, 1.807) is 0 Å². The highest BCUT2D eigenvalue weighted by Gasteiger charge is 2.20. The fourth-order valence-electron chi connectivity index (χ4n) is 4.64. The average Bonchev–Trinajstić information content (AvgIpc) is 3.27. The summed E-state index contributed by atoms with van der Waals surface area (Å²) >= 11 is 0. The van der Waals surface area contributed by atoms with Gasteiger partial charge in [0.25, 0.3) is 0 Å². The molecule has 1 aromatic heterocycles. The number of nitrogen functional groups attached to an aromatic ring is 1. The van der Waals surface area contributed by atoms with Crippen molar-refractivity contribution in [2.75, 3.05) is 39.0 Å². The van der Waals surface area contributed by atoms with E-state index in [1.165, 1.54) is 16.7 Å². The third-order valence-corrected chi connectivity index (χ3v) is 6.51. The normalized spacial score (nSPS) is 14.4. The van der Waals surface area contributed by atoms with Crippen molar-refractivity contribution in [3.8, 4) is 11.1 Å². The molecule has 3 N–H and O–H groups in total.